The molecule has 2 nitrogen and oxygen atoms in total. The second-order valence-corrected chi connectivity index (χ2v) is 4.12. The van der Waals surface area contributed by atoms with E-state index in [0.29, 0.717) is 15.6 Å². The predicted octanol–water partition coefficient (Wildman–Crippen LogP) is 3.55. The number of carbonyl (C=O) groups is 2. The molecule has 4 heteroatoms. The lowest BCUT2D eigenvalue weighted by atomic mass is 10.0. The summed E-state index contributed by atoms with van der Waals surface area (Å²) in [6.45, 7) is 2.66. The van der Waals surface area contributed by atoms with Gasteiger partial charge in [-0.25, -0.2) is 0 Å². The average molecular weight is 257 g/mol. The van der Waals surface area contributed by atoms with Gasteiger partial charge in [0.15, 0.2) is 11.6 Å². The number of rotatable bonds is 3. The molecule has 0 bridgehead atoms. The highest BCUT2D eigenvalue weighted by Gasteiger charge is 2.12. The van der Waals surface area contributed by atoms with E-state index in [1.807, 2.05) is 0 Å². The van der Waals surface area contributed by atoms with E-state index in [4.69, 9.17) is 23.2 Å². The normalized spacial score (nSPS) is 9.75. The zero-order valence-corrected chi connectivity index (χ0v) is 10.4. The number of Topliss-reactive ketones (excluding diaryl/α,β-unsaturated/α-hetero) is 2. The summed E-state index contributed by atoms with van der Waals surface area (Å²) in [7, 11) is 0. The second kappa shape index (κ2) is 5.28. The van der Waals surface area contributed by atoms with Gasteiger partial charge < -0.3 is 0 Å². The van der Waals surface area contributed by atoms with Crippen LogP contribution in [0.25, 0.3) is 6.08 Å². The van der Waals surface area contributed by atoms with Gasteiger partial charge in [-0.05, 0) is 32.1 Å². The molecule has 0 saturated heterocycles. The molecule has 1 aromatic carbocycles. The highest BCUT2D eigenvalue weighted by Crippen LogP contribution is 2.26. The summed E-state index contributed by atoms with van der Waals surface area (Å²) in [5.41, 5.74) is 0.584. The Hall–Kier alpha value is -1.12. The van der Waals surface area contributed by atoms with Crippen molar-refractivity contribution in [3.63, 3.8) is 0 Å². The minimum atomic E-state index is -0.302. The number of allylic oxidation sites excluding steroid dienone is 1. The van der Waals surface area contributed by atoms with Gasteiger partial charge in [-0.3, -0.25) is 9.59 Å². The largest absolute Gasteiger partial charge is 0.294 e. The Morgan fingerprint density at radius 3 is 1.88 bits per heavy atom. The van der Waals surface area contributed by atoms with E-state index in [1.165, 1.54) is 19.9 Å². The van der Waals surface area contributed by atoms with Gasteiger partial charge >= 0.3 is 0 Å². The molecule has 0 amide bonds. The number of benzene rings is 1. The van der Waals surface area contributed by atoms with Crippen LogP contribution in [0.4, 0.5) is 0 Å². The standard InChI is InChI=1S/C12H10Cl2O2/c1-7(15)9(8(2)16)6-10-11(13)4-3-5-12(10)14/h3-6H,1-2H3. The van der Waals surface area contributed by atoms with Crippen molar-refractivity contribution in [3.8, 4) is 0 Å². The first kappa shape index (κ1) is 12.9. The molecule has 0 heterocycles. The quantitative estimate of drug-likeness (QED) is 0.471. The minimum Gasteiger partial charge on any atom is -0.294 e. The van der Waals surface area contributed by atoms with Crippen LogP contribution >= 0.6 is 23.2 Å². The summed E-state index contributed by atoms with van der Waals surface area (Å²) in [6, 6.07) is 5.00. The van der Waals surface area contributed by atoms with Gasteiger partial charge in [0, 0.05) is 15.6 Å². The van der Waals surface area contributed by atoms with E-state index in [0.717, 1.165) is 0 Å². The van der Waals surface area contributed by atoms with Gasteiger partial charge in [0.1, 0.15) is 0 Å². The first-order chi connectivity index (χ1) is 7.43. The lowest BCUT2D eigenvalue weighted by molar-refractivity contribution is -0.119. The van der Waals surface area contributed by atoms with Gasteiger partial charge in [0.05, 0.1) is 5.57 Å². The molecule has 84 valence electrons. The van der Waals surface area contributed by atoms with Crippen molar-refractivity contribution in [2.45, 2.75) is 13.8 Å². The van der Waals surface area contributed by atoms with Gasteiger partial charge in [0.25, 0.3) is 0 Å². The van der Waals surface area contributed by atoms with Crippen LogP contribution in [-0.4, -0.2) is 11.6 Å². The Morgan fingerprint density at radius 2 is 1.50 bits per heavy atom. The lowest BCUT2D eigenvalue weighted by Gasteiger charge is -2.03. The molecule has 1 aromatic rings. The average Bonchev–Trinajstić information content (AvgIpc) is 2.15. The highest BCUT2D eigenvalue weighted by molar-refractivity contribution is 6.37. The lowest BCUT2D eigenvalue weighted by Crippen LogP contribution is -2.05. The predicted molar refractivity (Wildman–Crippen MR) is 65.8 cm³/mol. The molecular formula is C12H10Cl2O2. The Kier molecular flexibility index (Phi) is 4.27. The molecule has 0 N–H and O–H groups in total. The van der Waals surface area contributed by atoms with Gasteiger partial charge in [-0.1, -0.05) is 29.3 Å². The van der Waals surface area contributed by atoms with Crippen molar-refractivity contribution in [3.05, 3.63) is 39.4 Å². The fourth-order valence-electron chi connectivity index (χ4n) is 1.24. The van der Waals surface area contributed by atoms with Gasteiger partial charge in [-0.15, -0.1) is 0 Å². The first-order valence-corrected chi connectivity index (χ1v) is 5.36. The first-order valence-electron chi connectivity index (χ1n) is 4.61. The number of hydrogen-bond acceptors (Lipinski definition) is 2. The fourth-order valence-corrected chi connectivity index (χ4v) is 1.75. The van der Waals surface area contributed by atoms with E-state index < -0.39 is 0 Å². The summed E-state index contributed by atoms with van der Waals surface area (Å²) in [6.07, 6.45) is 1.43. The zero-order valence-electron chi connectivity index (χ0n) is 8.88. The monoisotopic (exact) mass is 256 g/mol. The third kappa shape index (κ3) is 2.94. The van der Waals surface area contributed by atoms with Crippen LogP contribution in [0.1, 0.15) is 19.4 Å². The number of halogens is 2. The van der Waals surface area contributed by atoms with E-state index in [9.17, 15) is 9.59 Å². The Bertz CT molecular complexity index is 440. The summed E-state index contributed by atoms with van der Waals surface area (Å²) in [5.74, 6) is -0.605. The maximum Gasteiger partial charge on any atom is 0.163 e. The van der Waals surface area contributed by atoms with Crippen LogP contribution in [0.5, 0.6) is 0 Å². The third-order valence-corrected chi connectivity index (χ3v) is 2.71. The Balaban J connectivity index is 3.34. The highest BCUT2D eigenvalue weighted by atomic mass is 35.5. The van der Waals surface area contributed by atoms with Crippen LogP contribution in [0.2, 0.25) is 10.0 Å². The smallest absolute Gasteiger partial charge is 0.163 e. The van der Waals surface area contributed by atoms with Crippen LogP contribution < -0.4 is 0 Å². The molecule has 0 radical (unpaired) electrons. The minimum absolute atomic E-state index is 0.0926. The topological polar surface area (TPSA) is 34.1 Å². The molecular weight excluding hydrogens is 247 g/mol. The Labute approximate surface area is 104 Å². The number of carbonyl (C=O) groups excluding carboxylic acids is 2. The van der Waals surface area contributed by atoms with E-state index in [1.54, 1.807) is 18.2 Å². The zero-order chi connectivity index (χ0) is 12.3. The molecule has 0 spiro atoms. The second-order valence-electron chi connectivity index (χ2n) is 3.31. The van der Waals surface area contributed by atoms with E-state index in [-0.39, 0.29) is 17.1 Å². The third-order valence-electron chi connectivity index (χ3n) is 2.05. The van der Waals surface area contributed by atoms with Crippen LogP contribution in [0, 0.1) is 0 Å². The van der Waals surface area contributed by atoms with Crippen LogP contribution in [0.15, 0.2) is 23.8 Å². The van der Waals surface area contributed by atoms with Crippen molar-refractivity contribution >= 4 is 40.8 Å². The summed E-state index contributed by atoms with van der Waals surface area (Å²) < 4.78 is 0. The van der Waals surface area contributed by atoms with Crippen molar-refractivity contribution in [2.75, 3.05) is 0 Å². The maximum atomic E-state index is 11.2. The molecule has 0 aliphatic rings. The van der Waals surface area contributed by atoms with Gasteiger partial charge in [0.2, 0.25) is 0 Å². The van der Waals surface area contributed by atoms with Crippen LogP contribution in [-0.2, 0) is 9.59 Å². The van der Waals surface area contributed by atoms with Crippen molar-refractivity contribution in [1.82, 2.24) is 0 Å². The molecule has 0 unspecified atom stereocenters. The molecule has 1 rings (SSSR count). The molecule has 0 atom stereocenters. The van der Waals surface area contributed by atoms with Crippen molar-refractivity contribution < 1.29 is 9.59 Å². The molecule has 0 aromatic heterocycles. The summed E-state index contributed by atoms with van der Waals surface area (Å²) >= 11 is 11.9. The number of hydrogen-bond donors (Lipinski definition) is 0. The molecule has 0 aliphatic heterocycles. The molecule has 0 fully saturated rings. The fraction of sp³-hybridized carbons (Fsp3) is 0.167. The molecule has 0 saturated carbocycles. The summed E-state index contributed by atoms with van der Waals surface area (Å²) in [4.78, 5) is 22.5. The van der Waals surface area contributed by atoms with E-state index in [2.05, 4.69) is 0 Å². The van der Waals surface area contributed by atoms with Crippen molar-refractivity contribution in [2.24, 2.45) is 0 Å². The van der Waals surface area contributed by atoms with Crippen LogP contribution in [0.3, 0.4) is 0 Å². The maximum absolute atomic E-state index is 11.2. The molecule has 16 heavy (non-hydrogen) atoms. The van der Waals surface area contributed by atoms with Gasteiger partial charge in [-0.2, -0.15) is 0 Å². The summed E-state index contributed by atoms with van der Waals surface area (Å²) in [5, 5.41) is 0.819. The van der Waals surface area contributed by atoms with Crippen molar-refractivity contribution in [1.29, 1.82) is 0 Å². The van der Waals surface area contributed by atoms with E-state index >= 15 is 0 Å². The molecule has 0 aliphatic carbocycles. The Morgan fingerprint density at radius 1 is 1.06 bits per heavy atom. The SMILES string of the molecule is CC(=O)C(=Cc1c(Cl)cccc1Cl)C(C)=O. The number of ketones is 2.